The summed E-state index contributed by atoms with van der Waals surface area (Å²) in [4.78, 5) is 79.1. The molecule has 3 saturated heterocycles. The van der Waals surface area contributed by atoms with Gasteiger partial charge < -0.3 is 47.4 Å². The van der Waals surface area contributed by atoms with Crippen LogP contribution in [0.25, 0.3) is 0 Å². The van der Waals surface area contributed by atoms with Crippen molar-refractivity contribution in [3.05, 3.63) is 71.8 Å². The number of esters is 4. The first-order valence-corrected chi connectivity index (χ1v) is 21.0. The fourth-order valence-electron chi connectivity index (χ4n) is 7.29. The van der Waals surface area contributed by atoms with Crippen molar-refractivity contribution in [2.75, 3.05) is 13.2 Å². The largest absolute Gasteiger partial charge is 0.463 e. The maximum atomic E-state index is 14.1. The Morgan fingerprint density at radius 2 is 1.13 bits per heavy atom. The second-order valence-electron chi connectivity index (χ2n) is 15.0. The van der Waals surface area contributed by atoms with Crippen molar-refractivity contribution in [1.82, 2.24) is 4.90 Å². The number of likely N-dealkylation sites (tertiary alicyclic amines) is 1. The van der Waals surface area contributed by atoms with Crippen molar-refractivity contribution in [2.24, 2.45) is 11.8 Å². The highest BCUT2D eigenvalue weighted by Crippen LogP contribution is 2.40. The number of hydrogen-bond donors (Lipinski definition) is 1. The molecule has 0 aliphatic carbocycles. The minimum absolute atomic E-state index is 0.0407. The monoisotopic (exact) mass is 942 g/mol. The summed E-state index contributed by atoms with van der Waals surface area (Å²) >= 11 is 18.3. The molecule has 0 radical (unpaired) electrons. The molecule has 2 amide bonds. The molecule has 2 aromatic rings. The fraction of sp³-hybridized carbons (Fsp3) is 0.548. The van der Waals surface area contributed by atoms with Crippen molar-refractivity contribution >= 4 is 76.4 Å². The smallest absolute Gasteiger partial charge is 0.303 e. The molecule has 3 fully saturated rings. The Labute approximate surface area is 378 Å². The summed E-state index contributed by atoms with van der Waals surface area (Å²) in [7, 11) is 0. The highest BCUT2D eigenvalue weighted by Gasteiger charge is 2.60. The molecular formula is C42H49Cl3N2O16. The van der Waals surface area contributed by atoms with E-state index in [9.17, 15) is 28.8 Å². The predicted octanol–water partition coefficient (Wildman–Crippen LogP) is 4.36. The zero-order chi connectivity index (χ0) is 46.2. The Bertz CT molecular complexity index is 1940. The summed E-state index contributed by atoms with van der Waals surface area (Å²) in [6.45, 7) is 6.43. The van der Waals surface area contributed by atoms with Crippen LogP contribution in [0.1, 0.15) is 52.7 Å². The molecule has 12 atom stereocenters. The number of carbonyl (C=O) groups is 6. The van der Waals surface area contributed by atoms with E-state index in [2.05, 4.69) is 0 Å². The normalized spacial score (nSPS) is 29.7. The molecule has 3 aliphatic heterocycles. The van der Waals surface area contributed by atoms with Crippen molar-refractivity contribution < 1.29 is 76.1 Å². The number of hydrogen-bond acceptors (Lipinski definition) is 17. The summed E-state index contributed by atoms with van der Waals surface area (Å²) in [6, 6.07) is 16.3. The lowest BCUT2D eigenvalue weighted by molar-refractivity contribution is -0.353. The van der Waals surface area contributed by atoms with Crippen molar-refractivity contribution in [1.29, 1.82) is 5.41 Å². The maximum absolute atomic E-state index is 14.1. The van der Waals surface area contributed by atoms with E-state index in [1.807, 2.05) is 30.3 Å². The Morgan fingerprint density at radius 1 is 0.635 bits per heavy atom. The van der Waals surface area contributed by atoms with E-state index in [0.717, 1.165) is 38.2 Å². The summed E-state index contributed by atoms with van der Waals surface area (Å²) in [5, 5.41) is 8.55. The van der Waals surface area contributed by atoms with Crippen LogP contribution in [-0.4, -0.2) is 125 Å². The van der Waals surface area contributed by atoms with Gasteiger partial charge in [0.1, 0.15) is 37.1 Å². The van der Waals surface area contributed by atoms with Gasteiger partial charge in [-0.15, -0.1) is 0 Å². The van der Waals surface area contributed by atoms with E-state index in [-0.39, 0.29) is 19.8 Å². The van der Waals surface area contributed by atoms with Crippen LogP contribution < -0.4 is 0 Å². The lowest BCUT2D eigenvalue weighted by Gasteiger charge is -2.50. The second-order valence-corrected chi connectivity index (χ2v) is 17.3. The Kier molecular flexibility index (Phi) is 17.3. The number of amides is 2. The quantitative estimate of drug-likeness (QED) is 0.0617. The minimum atomic E-state index is -2.44. The second kappa shape index (κ2) is 22.0. The van der Waals surface area contributed by atoms with E-state index in [4.69, 9.17) is 87.6 Å². The average molecular weight is 944 g/mol. The van der Waals surface area contributed by atoms with Gasteiger partial charge in [0.2, 0.25) is 24.0 Å². The third kappa shape index (κ3) is 12.9. The topological polar surface area (TPSA) is 222 Å². The molecule has 0 saturated carbocycles. The third-order valence-electron chi connectivity index (χ3n) is 10.3. The van der Waals surface area contributed by atoms with Crippen LogP contribution >= 0.6 is 34.8 Å². The van der Waals surface area contributed by atoms with E-state index < -0.39 is 125 Å². The molecule has 0 spiro atoms. The van der Waals surface area contributed by atoms with Crippen LogP contribution in [0.3, 0.4) is 0 Å². The number of rotatable bonds is 16. The van der Waals surface area contributed by atoms with E-state index in [0.29, 0.717) is 5.56 Å². The zero-order valence-electron chi connectivity index (χ0n) is 35.1. The molecule has 3 heterocycles. The molecule has 5 rings (SSSR count). The number of nitrogens with one attached hydrogen (secondary N) is 1. The Hall–Kier alpha value is -4.40. The lowest BCUT2D eigenvalue weighted by atomic mass is 9.93. The SMILES string of the molecule is CC(=O)OC[C@H]1O[C@@H](O[C@H]2[C@H](OCc3ccccc3)[C@@H](N3C(=O)C(C)C(C)C3=O)C(OC(=N)C(Cl)(Cl)Cl)O[C@@H]2COCc2ccccc2)[C@H](OC(C)=O)[C@@H](OC(C)=O)[C@H]1OC(C)=O. The van der Waals surface area contributed by atoms with Gasteiger partial charge in [0.15, 0.2) is 24.6 Å². The number of halogens is 3. The predicted molar refractivity (Wildman–Crippen MR) is 220 cm³/mol. The molecule has 0 aromatic heterocycles. The van der Waals surface area contributed by atoms with Crippen LogP contribution in [0.15, 0.2) is 60.7 Å². The highest BCUT2D eigenvalue weighted by molar-refractivity contribution is 6.76. The van der Waals surface area contributed by atoms with Crippen LogP contribution in [0.4, 0.5) is 0 Å². The number of benzene rings is 2. The first-order valence-electron chi connectivity index (χ1n) is 19.8. The minimum Gasteiger partial charge on any atom is -0.463 e. The summed E-state index contributed by atoms with van der Waals surface area (Å²) in [5.74, 6) is -7.25. The van der Waals surface area contributed by atoms with Crippen LogP contribution in [0, 0.1) is 17.2 Å². The molecule has 18 nitrogen and oxygen atoms in total. The lowest BCUT2D eigenvalue weighted by Crippen LogP contribution is -2.69. The van der Waals surface area contributed by atoms with E-state index in [1.165, 1.54) is 0 Å². The van der Waals surface area contributed by atoms with Gasteiger partial charge in [0.05, 0.1) is 19.8 Å². The van der Waals surface area contributed by atoms with Crippen LogP contribution in [0.5, 0.6) is 0 Å². The Morgan fingerprint density at radius 3 is 1.65 bits per heavy atom. The van der Waals surface area contributed by atoms with Gasteiger partial charge in [-0.3, -0.25) is 39.1 Å². The molecule has 63 heavy (non-hydrogen) atoms. The van der Waals surface area contributed by atoms with Crippen LogP contribution in [0.2, 0.25) is 0 Å². The Balaban J connectivity index is 1.69. The first kappa shape index (κ1) is 49.6. The van der Waals surface area contributed by atoms with Gasteiger partial charge in [-0.1, -0.05) is 109 Å². The van der Waals surface area contributed by atoms with Gasteiger partial charge in [-0.25, -0.2) is 0 Å². The molecule has 3 aliphatic rings. The third-order valence-corrected chi connectivity index (χ3v) is 10.8. The number of ether oxygens (including phenoxy) is 10. The van der Waals surface area contributed by atoms with Gasteiger partial charge >= 0.3 is 23.9 Å². The van der Waals surface area contributed by atoms with E-state index in [1.54, 1.807) is 44.2 Å². The van der Waals surface area contributed by atoms with Gasteiger partial charge in [0.25, 0.3) is 3.79 Å². The first-order chi connectivity index (χ1) is 29.8. The highest BCUT2D eigenvalue weighted by atomic mass is 35.6. The van der Waals surface area contributed by atoms with Crippen molar-refractivity contribution in [3.63, 3.8) is 0 Å². The summed E-state index contributed by atoms with van der Waals surface area (Å²) < 4.78 is 58.0. The van der Waals surface area contributed by atoms with Gasteiger partial charge in [-0.2, -0.15) is 0 Å². The van der Waals surface area contributed by atoms with E-state index >= 15 is 0 Å². The molecule has 3 unspecified atom stereocenters. The zero-order valence-corrected chi connectivity index (χ0v) is 37.4. The number of imide groups is 1. The number of carbonyl (C=O) groups excluding carboxylic acids is 6. The average Bonchev–Trinajstić information content (AvgIpc) is 3.40. The molecule has 1 N–H and O–H groups in total. The standard InChI is InChI=1S/C42H49Cl3N2O16/c1-21-22(2)38(53)47(37(21)52)31-34(56-18-28-15-11-8-12-16-28)32(29(19-54-17-27-13-9-7-10-14-27)60-39(31)63-41(46)42(43,44)45)62-40-36(59-26(6)51)35(58-25(5)50)33(57-24(4)49)30(61-40)20-55-23(3)48/h7-16,21-22,29-36,39-40,46H,17-20H2,1-6H3/t21?,22?,29-,30-,31-,32-,33+,34-,35+,36-,39?,40+/m1/s1. The number of alkyl halides is 3. The molecule has 2 aromatic carbocycles. The molecular weight excluding hydrogens is 895 g/mol. The maximum Gasteiger partial charge on any atom is 0.303 e. The van der Waals surface area contributed by atoms with Crippen molar-refractivity contribution in [2.45, 2.75) is 120 Å². The molecule has 21 heteroatoms. The molecule has 344 valence electrons. The van der Waals surface area contributed by atoms with Crippen molar-refractivity contribution in [3.8, 4) is 0 Å². The summed E-state index contributed by atoms with van der Waals surface area (Å²) in [5.41, 5.74) is 1.40. The van der Waals surface area contributed by atoms with Crippen LogP contribution in [-0.2, 0) is 89.3 Å². The number of nitrogens with zero attached hydrogens (tertiary/aromatic N) is 1. The van der Waals surface area contributed by atoms with Gasteiger partial charge in [0, 0.05) is 39.5 Å². The molecule has 0 bridgehead atoms. The van der Waals surface area contributed by atoms with Gasteiger partial charge in [-0.05, 0) is 11.1 Å². The fourth-order valence-corrected chi connectivity index (χ4v) is 7.42. The summed E-state index contributed by atoms with van der Waals surface area (Å²) in [6.07, 6.45) is -14.2.